The lowest BCUT2D eigenvalue weighted by Gasteiger charge is -2.15. The number of rotatable bonds is 2. The summed E-state index contributed by atoms with van der Waals surface area (Å²) >= 11 is 0. The van der Waals surface area contributed by atoms with E-state index >= 15 is 0 Å². The predicted molar refractivity (Wildman–Crippen MR) is 55.4 cm³/mol. The molecular formula is C11H16N2. The van der Waals surface area contributed by atoms with Gasteiger partial charge in [0.2, 0.25) is 0 Å². The Kier molecular flexibility index (Phi) is 2.50. The fourth-order valence-corrected chi connectivity index (χ4v) is 1.86. The summed E-state index contributed by atoms with van der Waals surface area (Å²) in [5.74, 6) is 0. The molecule has 0 spiro atoms. The monoisotopic (exact) mass is 176 g/mol. The first kappa shape index (κ1) is 8.57. The summed E-state index contributed by atoms with van der Waals surface area (Å²) in [4.78, 5) is 2.46. The highest BCUT2D eigenvalue weighted by molar-refractivity contribution is 5.46. The van der Waals surface area contributed by atoms with Crippen molar-refractivity contribution in [2.45, 2.75) is 19.4 Å². The number of para-hydroxylation sites is 1. The highest BCUT2D eigenvalue weighted by atomic mass is 15.1. The first-order valence-corrected chi connectivity index (χ1v) is 4.92. The number of hydrogen-bond acceptors (Lipinski definition) is 2. The molecule has 0 amide bonds. The molecule has 2 rings (SSSR count). The second-order valence-corrected chi connectivity index (χ2v) is 3.68. The third-order valence-electron chi connectivity index (χ3n) is 2.65. The van der Waals surface area contributed by atoms with E-state index in [1.165, 1.54) is 31.5 Å². The van der Waals surface area contributed by atoms with Crippen molar-refractivity contribution >= 4 is 5.69 Å². The minimum absolute atomic E-state index is 0.925. The van der Waals surface area contributed by atoms with Crippen LogP contribution in [-0.4, -0.2) is 18.0 Å². The predicted octanol–water partition coefficient (Wildman–Crippen LogP) is 1.86. The lowest BCUT2D eigenvalue weighted by atomic mass is 10.2. The average molecular weight is 176 g/mol. The van der Waals surface area contributed by atoms with Gasteiger partial charge in [0.25, 0.3) is 0 Å². The van der Waals surface area contributed by atoms with E-state index in [1.54, 1.807) is 0 Å². The highest BCUT2D eigenvalue weighted by Gasteiger charge is 2.12. The molecule has 1 aliphatic heterocycles. The Morgan fingerprint density at radius 3 is 2.54 bits per heavy atom. The molecule has 0 aliphatic carbocycles. The van der Waals surface area contributed by atoms with Gasteiger partial charge < -0.3 is 5.73 Å². The number of anilines is 1. The number of nitrogen functional groups attached to an aromatic ring is 1. The highest BCUT2D eigenvalue weighted by Crippen LogP contribution is 2.16. The van der Waals surface area contributed by atoms with Crippen LogP contribution < -0.4 is 5.73 Å². The van der Waals surface area contributed by atoms with Crippen molar-refractivity contribution in [3.05, 3.63) is 29.8 Å². The van der Waals surface area contributed by atoms with Crippen LogP contribution in [0.1, 0.15) is 18.4 Å². The van der Waals surface area contributed by atoms with Gasteiger partial charge in [0.1, 0.15) is 0 Å². The molecule has 1 aromatic rings. The van der Waals surface area contributed by atoms with Crippen molar-refractivity contribution in [2.24, 2.45) is 0 Å². The molecule has 2 heteroatoms. The maximum Gasteiger partial charge on any atom is 0.0359 e. The summed E-state index contributed by atoms with van der Waals surface area (Å²) in [5, 5.41) is 0. The molecule has 1 fully saturated rings. The largest absolute Gasteiger partial charge is 0.398 e. The minimum atomic E-state index is 0.925. The summed E-state index contributed by atoms with van der Waals surface area (Å²) in [6.07, 6.45) is 2.68. The maximum atomic E-state index is 5.87. The number of likely N-dealkylation sites (tertiary alicyclic amines) is 1. The Morgan fingerprint density at radius 1 is 1.15 bits per heavy atom. The fraction of sp³-hybridized carbons (Fsp3) is 0.455. The van der Waals surface area contributed by atoms with E-state index in [4.69, 9.17) is 5.73 Å². The Bertz CT molecular complexity index is 277. The molecule has 2 nitrogen and oxygen atoms in total. The summed E-state index contributed by atoms with van der Waals surface area (Å²) < 4.78 is 0. The Labute approximate surface area is 79.4 Å². The van der Waals surface area contributed by atoms with E-state index in [0.717, 1.165) is 12.2 Å². The van der Waals surface area contributed by atoms with Gasteiger partial charge in [-0.3, -0.25) is 4.90 Å². The summed E-state index contributed by atoms with van der Waals surface area (Å²) in [7, 11) is 0. The van der Waals surface area contributed by atoms with Gasteiger partial charge >= 0.3 is 0 Å². The zero-order chi connectivity index (χ0) is 9.10. The third kappa shape index (κ3) is 2.01. The van der Waals surface area contributed by atoms with Crippen LogP contribution in [0.4, 0.5) is 5.69 Å². The summed E-state index contributed by atoms with van der Waals surface area (Å²) in [5.41, 5.74) is 8.07. The van der Waals surface area contributed by atoms with Gasteiger partial charge in [0, 0.05) is 12.2 Å². The van der Waals surface area contributed by atoms with Crippen molar-refractivity contribution in [3.8, 4) is 0 Å². The summed E-state index contributed by atoms with van der Waals surface area (Å²) in [6.45, 7) is 3.48. The zero-order valence-electron chi connectivity index (χ0n) is 7.87. The molecule has 13 heavy (non-hydrogen) atoms. The fourth-order valence-electron chi connectivity index (χ4n) is 1.86. The number of nitrogens with zero attached hydrogens (tertiary/aromatic N) is 1. The molecule has 0 bridgehead atoms. The first-order valence-electron chi connectivity index (χ1n) is 4.92. The molecule has 0 saturated carbocycles. The van der Waals surface area contributed by atoms with Gasteiger partial charge in [-0.2, -0.15) is 0 Å². The Balaban J connectivity index is 2.04. The second-order valence-electron chi connectivity index (χ2n) is 3.68. The normalized spacial score (nSPS) is 17.8. The van der Waals surface area contributed by atoms with Crippen LogP contribution in [0, 0.1) is 0 Å². The second kappa shape index (κ2) is 3.79. The number of benzene rings is 1. The molecule has 1 saturated heterocycles. The molecule has 70 valence electrons. The van der Waals surface area contributed by atoms with Crippen molar-refractivity contribution in [3.63, 3.8) is 0 Å². The molecule has 0 radical (unpaired) electrons. The molecule has 1 aliphatic rings. The zero-order valence-corrected chi connectivity index (χ0v) is 7.87. The first-order chi connectivity index (χ1) is 6.36. The van der Waals surface area contributed by atoms with Crippen LogP contribution in [0.25, 0.3) is 0 Å². The standard InChI is InChI=1S/C11H16N2/c12-11-6-2-1-5-10(11)9-13-7-3-4-8-13/h1-2,5-6H,3-4,7-9,12H2. The SMILES string of the molecule is Nc1ccccc1CN1CCCC1. The van der Waals surface area contributed by atoms with Crippen molar-refractivity contribution in [2.75, 3.05) is 18.8 Å². The topological polar surface area (TPSA) is 29.3 Å². The van der Waals surface area contributed by atoms with E-state index in [-0.39, 0.29) is 0 Å². The van der Waals surface area contributed by atoms with Crippen LogP contribution in [0.5, 0.6) is 0 Å². The van der Waals surface area contributed by atoms with E-state index in [9.17, 15) is 0 Å². The van der Waals surface area contributed by atoms with E-state index in [0.29, 0.717) is 0 Å². The van der Waals surface area contributed by atoms with Gasteiger partial charge in [-0.1, -0.05) is 18.2 Å². The van der Waals surface area contributed by atoms with Gasteiger partial charge in [0.05, 0.1) is 0 Å². The van der Waals surface area contributed by atoms with Crippen molar-refractivity contribution < 1.29 is 0 Å². The lowest BCUT2D eigenvalue weighted by Crippen LogP contribution is -2.19. The third-order valence-corrected chi connectivity index (χ3v) is 2.65. The molecule has 0 atom stereocenters. The van der Waals surface area contributed by atoms with Crippen LogP contribution in [0.2, 0.25) is 0 Å². The van der Waals surface area contributed by atoms with Gasteiger partial charge in [-0.25, -0.2) is 0 Å². The van der Waals surface area contributed by atoms with Crippen molar-refractivity contribution in [1.82, 2.24) is 4.90 Å². The molecule has 0 aromatic heterocycles. The number of hydrogen-bond donors (Lipinski definition) is 1. The van der Waals surface area contributed by atoms with Gasteiger partial charge in [-0.05, 0) is 37.6 Å². The Hall–Kier alpha value is -1.02. The Morgan fingerprint density at radius 2 is 1.85 bits per heavy atom. The lowest BCUT2D eigenvalue weighted by molar-refractivity contribution is 0.332. The quantitative estimate of drug-likeness (QED) is 0.697. The molecule has 0 unspecified atom stereocenters. The molecule has 2 N–H and O–H groups in total. The molecule has 1 heterocycles. The van der Waals surface area contributed by atoms with Crippen LogP contribution in [0.3, 0.4) is 0 Å². The molecular weight excluding hydrogens is 160 g/mol. The van der Waals surface area contributed by atoms with E-state index in [1.807, 2.05) is 12.1 Å². The summed E-state index contributed by atoms with van der Waals surface area (Å²) in [6, 6.07) is 8.14. The average Bonchev–Trinajstić information content (AvgIpc) is 2.61. The van der Waals surface area contributed by atoms with Crippen LogP contribution in [0.15, 0.2) is 24.3 Å². The van der Waals surface area contributed by atoms with E-state index in [2.05, 4.69) is 17.0 Å². The maximum absolute atomic E-state index is 5.87. The molecule has 1 aromatic carbocycles. The smallest absolute Gasteiger partial charge is 0.0359 e. The van der Waals surface area contributed by atoms with Crippen LogP contribution in [-0.2, 0) is 6.54 Å². The van der Waals surface area contributed by atoms with E-state index < -0.39 is 0 Å². The minimum Gasteiger partial charge on any atom is -0.398 e. The van der Waals surface area contributed by atoms with Gasteiger partial charge in [-0.15, -0.1) is 0 Å². The number of nitrogens with two attached hydrogens (primary N) is 1. The van der Waals surface area contributed by atoms with Gasteiger partial charge in [0.15, 0.2) is 0 Å². The van der Waals surface area contributed by atoms with Crippen LogP contribution >= 0.6 is 0 Å². The van der Waals surface area contributed by atoms with Crippen molar-refractivity contribution in [1.29, 1.82) is 0 Å².